The molecule has 1 saturated carbocycles. The van der Waals surface area contributed by atoms with Crippen LogP contribution in [0.5, 0.6) is 0 Å². The van der Waals surface area contributed by atoms with Crippen molar-refractivity contribution >= 4 is 17.2 Å². The van der Waals surface area contributed by atoms with Crippen LogP contribution in [0.2, 0.25) is 5.02 Å². The summed E-state index contributed by atoms with van der Waals surface area (Å²) in [4.78, 5) is 0. The summed E-state index contributed by atoms with van der Waals surface area (Å²) in [5.74, 6) is 0.779. The molecule has 0 aromatic carbocycles. The Labute approximate surface area is 124 Å². The van der Waals surface area contributed by atoms with Crippen LogP contribution in [0.4, 0.5) is 13.2 Å². The van der Waals surface area contributed by atoms with E-state index in [1.807, 2.05) is 0 Å². The quantitative estimate of drug-likeness (QED) is 0.924. The lowest BCUT2D eigenvalue weighted by Crippen LogP contribution is -2.19. The van der Waals surface area contributed by atoms with Gasteiger partial charge in [-0.15, -0.1) is 10.2 Å². The Morgan fingerprint density at radius 2 is 2.10 bits per heavy atom. The topological polar surface area (TPSA) is 56.2 Å². The summed E-state index contributed by atoms with van der Waals surface area (Å²) in [6, 6.07) is 0.879. The normalized spacial score (nSPS) is 23.1. The molecule has 1 aliphatic carbocycles. The van der Waals surface area contributed by atoms with E-state index in [1.165, 1.54) is 4.40 Å². The van der Waals surface area contributed by atoms with Crippen LogP contribution in [0.3, 0.4) is 0 Å². The van der Waals surface area contributed by atoms with E-state index in [0.29, 0.717) is 12.4 Å². The molecular formula is C13H14ClF3N4. The van der Waals surface area contributed by atoms with Crippen molar-refractivity contribution in [2.24, 2.45) is 11.7 Å². The first-order valence-corrected chi connectivity index (χ1v) is 7.11. The van der Waals surface area contributed by atoms with E-state index in [9.17, 15) is 13.2 Å². The predicted octanol–water partition coefficient (Wildman–Crippen LogP) is 3.24. The van der Waals surface area contributed by atoms with E-state index in [1.54, 1.807) is 0 Å². The molecule has 4 nitrogen and oxygen atoms in total. The maximum Gasteiger partial charge on any atom is 0.417 e. The number of nitrogens with two attached hydrogens (primary N) is 1. The zero-order valence-corrected chi connectivity index (χ0v) is 11.8. The largest absolute Gasteiger partial charge is 0.417 e. The molecule has 2 N–H and O–H groups in total. The van der Waals surface area contributed by atoms with Crippen LogP contribution < -0.4 is 5.73 Å². The molecule has 2 atom stereocenters. The van der Waals surface area contributed by atoms with E-state index >= 15 is 0 Å². The lowest BCUT2D eigenvalue weighted by atomic mass is 9.95. The summed E-state index contributed by atoms with van der Waals surface area (Å²) >= 11 is 5.91. The highest BCUT2D eigenvalue weighted by Gasteiger charge is 2.35. The minimum Gasteiger partial charge on any atom is -0.330 e. The first-order valence-electron chi connectivity index (χ1n) is 6.73. The Hall–Kier alpha value is -1.34. The molecule has 0 bridgehead atoms. The number of pyridine rings is 1. The highest BCUT2D eigenvalue weighted by Crippen LogP contribution is 2.39. The van der Waals surface area contributed by atoms with Crippen LogP contribution >= 0.6 is 11.6 Å². The first kappa shape index (κ1) is 14.6. The molecule has 0 spiro atoms. The van der Waals surface area contributed by atoms with Crippen molar-refractivity contribution in [2.45, 2.75) is 31.4 Å². The van der Waals surface area contributed by atoms with Crippen LogP contribution in [0.25, 0.3) is 5.65 Å². The number of halogens is 4. The average molecular weight is 319 g/mol. The van der Waals surface area contributed by atoms with E-state index in [4.69, 9.17) is 17.3 Å². The molecule has 2 aromatic rings. The lowest BCUT2D eigenvalue weighted by molar-refractivity contribution is -0.137. The zero-order chi connectivity index (χ0) is 15.2. The summed E-state index contributed by atoms with van der Waals surface area (Å²) in [5, 5.41) is 7.94. The fraction of sp³-hybridized carbons (Fsp3) is 0.538. The summed E-state index contributed by atoms with van der Waals surface area (Å²) < 4.78 is 40.1. The van der Waals surface area contributed by atoms with Gasteiger partial charge in [-0.3, -0.25) is 4.40 Å². The third-order valence-corrected chi connectivity index (χ3v) is 4.39. The highest BCUT2D eigenvalue weighted by atomic mass is 35.5. The molecule has 114 valence electrons. The SMILES string of the molecule is NCC1CCCC1c1nnc2c(Cl)cc(C(F)(F)F)cn12. The lowest BCUT2D eigenvalue weighted by Gasteiger charge is -2.16. The second kappa shape index (κ2) is 5.14. The van der Waals surface area contributed by atoms with Crippen LogP contribution in [-0.4, -0.2) is 21.1 Å². The number of fused-ring (bicyclic) bond motifs is 1. The molecule has 1 fully saturated rings. The van der Waals surface area contributed by atoms with Gasteiger partial charge in [-0.05, 0) is 31.4 Å². The van der Waals surface area contributed by atoms with Gasteiger partial charge in [0.25, 0.3) is 0 Å². The number of nitrogens with zero attached hydrogens (tertiary/aromatic N) is 3. The van der Waals surface area contributed by atoms with Crippen LogP contribution in [0.15, 0.2) is 12.3 Å². The second-order valence-electron chi connectivity index (χ2n) is 5.36. The van der Waals surface area contributed by atoms with E-state index in [0.717, 1.165) is 31.5 Å². The molecule has 2 aromatic heterocycles. The fourth-order valence-electron chi connectivity index (χ4n) is 3.04. The predicted molar refractivity (Wildman–Crippen MR) is 72.1 cm³/mol. The van der Waals surface area contributed by atoms with Gasteiger partial charge < -0.3 is 5.73 Å². The van der Waals surface area contributed by atoms with Gasteiger partial charge in [0.05, 0.1) is 10.6 Å². The van der Waals surface area contributed by atoms with Crippen LogP contribution in [-0.2, 0) is 6.18 Å². The fourth-order valence-corrected chi connectivity index (χ4v) is 3.28. The molecule has 1 aliphatic rings. The van der Waals surface area contributed by atoms with Crippen molar-refractivity contribution in [2.75, 3.05) is 6.54 Å². The Morgan fingerprint density at radius 1 is 1.33 bits per heavy atom. The second-order valence-corrected chi connectivity index (χ2v) is 5.77. The average Bonchev–Trinajstić information content (AvgIpc) is 3.02. The number of aromatic nitrogens is 3. The third-order valence-electron chi connectivity index (χ3n) is 4.11. The molecule has 21 heavy (non-hydrogen) atoms. The maximum absolute atomic E-state index is 12.9. The molecule has 0 radical (unpaired) electrons. The monoisotopic (exact) mass is 318 g/mol. The van der Waals surface area contributed by atoms with Crippen molar-refractivity contribution in [3.63, 3.8) is 0 Å². The molecule has 0 saturated heterocycles. The summed E-state index contributed by atoms with van der Waals surface area (Å²) in [7, 11) is 0. The van der Waals surface area contributed by atoms with Crippen molar-refractivity contribution in [1.29, 1.82) is 0 Å². The van der Waals surface area contributed by atoms with Crippen molar-refractivity contribution in [3.05, 3.63) is 28.7 Å². The number of hydrogen-bond donors (Lipinski definition) is 1. The molecule has 3 rings (SSSR count). The van der Waals surface area contributed by atoms with Crippen molar-refractivity contribution in [1.82, 2.24) is 14.6 Å². The number of hydrogen-bond acceptors (Lipinski definition) is 3. The van der Waals surface area contributed by atoms with E-state index < -0.39 is 11.7 Å². The molecular weight excluding hydrogens is 305 g/mol. The van der Waals surface area contributed by atoms with Crippen molar-refractivity contribution in [3.8, 4) is 0 Å². The molecule has 8 heteroatoms. The van der Waals surface area contributed by atoms with Gasteiger partial charge in [-0.2, -0.15) is 13.2 Å². The van der Waals surface area contributed by atoms with E-state index in [2.05, 4.69) is 10.2 Å². The first-order chi connectivity index (χ1) is 9.91. The maximum atomic E-state index is 12.9. The van der Waals surface area contributed by atoms with Crippen LogP contribution in [0.1, 0.15) is 36.6 Å². The highest BCUT2D eigenvalue weighted by molar-refractivity contribution is 6.33. The molecule has 0 aliphatic heterocycles. The minimum atomic E-state index is -4.46. The van der Waals surface area contributed by atoms with Gasteiger partial charge >= 0.3 is 6.18 Å². The summed E-state index contributed by atoms with van der Waals surface area (Å²) in [6.07, 6.45) is -0.627. The van der Waals surface area contributed by atoms with Gasteiger partial charge in [0.15, 0.2) is 5.65 Å². The molecule has 2 unspecified atom stereocenters. The Bertz CT molecular complexity index is 667. The van der Waals surface area contributed by atoms with Gasteiger partial charge in [-0.25, -0.2) is 0 Å². The van der Waals surface area contributed by atoms with Crippen molar-refractivity contribution < 1.29 is 13.2 Å². The number of alkyl halides is 3. The van der Waals surface area contributed by atoms with E-state index in [-0.39, 0.29) is 22.5 Å². The van der Waals surface area contributed by atoms with Gasteiger partial charge in [0.1, 0.15) is 5.82 Å². The third kappa shape index (κ3) is 2.48. The molecule has 2 heterocycles. The number of rotatable bonds is 2. The Morgan fingerprint density at radius 3 is 2.76 bits per heavy atom. The standard InChI is InChI=1S/C13H14ClF3N4/c14-10-4-8(13(15,16)17)6-21-11(19-20-12(10)21)9-3-1-2-7(9)5-18/h4,6-7,9H,1-3,5,18H2. The van der Waals surface area contributed by atoms with Gasteiger partial charge in [-0.1, -0.05) is 18.0 Å². The Balaban J connectivity index is 2.14. The zero-order valence-electron chi connectivity index (χ0n) is 11.1. The van der Waals surface area contributed by atoms with Gasteiger partial charge in [0, 0.05) is 12.1 Å². The summed E-state index contributed by atoms with van der Waals surface area (Å²) in [6.45, 7) is 0.492. The Kier molecular flexibility index (Phi) is 3.57. The summed E-state index contributed by atoms with van der Waals surface area (Å²) in [5.41, 5.74) is 5.19. The van der Waals surface area contributed by atoms with Crippen LogP contribution in [0, 0.1) is 5.92 Å². The minimum absolute atomic E-state index is 0.0320. The molecule has 0 amide bonds. The smallest absolute Gasteiger partial charge is 0.330 e. The van der Waals surface area contributed by atoms with Gasteiger partial charge in [0.2, 0.25) is 0 Å².